The lowest BCUT2D eigenvalue weighted by atomic mass is 10.1. The number of hydrogen-bond donors (Lipinski definition) is 1. The van der Waals surface area contributed by atoms with E-state index >= 15 is 0 Å². The molecule has 1 unspecified atom stereocenters. The van der Waals surface area contributed by atoms with Gasteiger partial charge >= 0.3 is 0 Å². The van der Waals surface area contributed by atoms with Crippen LogP contribution in [-0.4, -0.2) is 77.8 Å². The highest BCUT2D eigenvalue weighted by Gasteiger charge is 2.58. The zero-order chi connectivity index (χ0) is 25.7. The summed E-state index contributed by atoms with van der Waals surface area (Å²) >= 11 is 0. The molecule has 2 amide bonds. The van der Waals surface area contributed by atoms with Crippen molar-refractivity contribution in [1.29, 1.82) is 0 Å². The molecule has 9 nitrogen and oxygen atoms in total. The van der Waals surface area contributed by atoms with E-state index in [1.165, 1.54) is 16.7 Å². The van der Waals surface area contributed by atoms with E-state index in [4.69, 9.17) is 0 Å². The van der Waals surface area contributed by atoms with Crippen LogP contribution in [0.5, 0.6) is 0 Å². The first-order valence-electron chi connectivity index (χ1n) is 12.4. The molecule has 2 aromatic rings. The van der Waals surface area contributed by atoms with Gasteiger partial charge in [0.25, 0.3) is 17.4 Å². The Labute approximate surface area is 211 Å². The quantitative estimate of drug-likeness (QED) is 0.597. The number of amides is 2. The maximum Gasteiger partial charge on any atom is 0.270 e. The van der Waals surface area contributed by atoms with E-state index in [2.05, 4.69) is 5.32 Å². The molecule has 0 radical (unpaired) electrons. The fraction of sp³-hybridized carbons (Fsp3) is 0.500. The van der Waals surface area contributed by atoms with E-state index in [1.807, 2.05) is 43.1 Å². The minimum absolute atomic E-state index is 0.0151. The van der Waals surface area contributed by atoms with Gasteiger partial charge < -0.3 is 19.7 Å². The number of likely N-dealkylation sites (tertiary alicyclic amines) is 1. The third-order valence-corrected chi connectivity index (χ3v) is 10.8. The molecule has 36 heavy (non-hydrogen) atoms. The van der Waals surface area contributed by atoms with Crippen molar-refractivity contribution >= 4 is 21.7 Å². The van der Waals surface area contributed by atoms with Crippen molar-refractivity contribution in [3.8, 4) is 0 Å². The molecule has 10 heteroatoms. The predicted molar refractivity (Wildman–Crippen MR) is 136 cm³/mol. The summed E-state index contributed by atoms with van der Waals surface area (Å²) in [6.07, 6.45) is 1.75. The number of carbonyl (C=O) groups excluding carboxylic acids is 2. The zero-order valence-corrected chi connectivity index (χ0v) is 21.5. The molecule has 1 atom stereocenters. The molecule has 3 heterocycles. The number of aryl methyl sites for hydroxylation is 1. The van der Waals surface area contributed by atoms with Gasteiger partial charge in [0.2, 0.25) is 0 Å². The molecule has 1 N–H and O–H groups in total. The van der Waals surface area contributed by atoms with Crippen LogP contribution in [0.25, 0.3) is 0 Å². The summed E-state index contributed by atoms with van der Waals surface area (Å²) in [4.78, 5) is 42.6. The Bertz CT molecular complexity index is 1360. The predicted octanol–water partition coefficient (Wildman–Crippen LogP) is 1.19. The number of fused-ring (bicyclic) bond motifs is 1. The molecule has 3 aliphatic rings. The lowest BCUT2D eigenvalue weighted by molar-refractivity contribution is 0.0694. The van der Waals surface area contributed by atoms with Crippen LogP contribution in [0.1, 0.15) is 51.2 Å². The van der Waals surface area contributed by atoms with Crippen molar-refractivity contribution in [3.05, 3.63) is 69.1 Å². The average Bonchev–Trinajstić information content (AvgIpc) is 3.52. The van der Waals surface area contributed by atoms with Gasteiger partial charge in [0.1, 0.15) is 11.3 Å². The first kappa shape index (κ1) is 24.7. The molecule has 2 aliphatic heterocycles. The monoisotopic (exact) mass is 512 g/mol. The first-order chi connectivity index (χ1) is 17.1. The summed E-state index contributed by atoms with van der Waals surface area (Å²) in [5.41, 5.74) is 1.71. The van der Waals surface area contributed by atoms with Gasteiger partial charge in [0, 0.05) is 32.7 Å². The number of pyridine rings is 1. The van der Waals surface area contributed by atoms with E-state index in [0.29, 0.717) is 32.4 Å². The molecule has 2 fully saturated rings. The molecule has 1 aromatic carbocycles. The maximum atomic E-state index is 13.4. The SMILES string of the molecule is Cc1ccc(CNC(=O)c2ccc3n(c2=O)CCN(CC2(S(=O)(=O)C4CCN(C)C4)CC2)C3=O)cc1. The van der Waals surface area contributed by atoms with Gasteiger partial charge in [-0.1, -0.05) is 29.8 Å². The number of nitrogens with zero attached hydrogens (tertiary/aromatic N) is 3. The molecule has 0 bridgehead atoms. The van der Waals surface area contributed by atoms with Gasteiger partial charge in [-0.25, -0.2) is 8.42 Å². The summed E-state index contributed by atoms with van der Waals surface area (Å²) in [5, 5.41) is 2.38. The number of hydrogen-bond acceptors (Lipinski definition) is 6. The molecule has 0 spiro atoms. The molecule has 192 valence electrons. The average molecular weight is 513 g/mol. The Kier molecular flexibility index (Phi) is 6.28. The molecule has 5 rings (SSSR count). The highest BCUT2D eigenvalue weighted by atomic mass is 32.2. The van der Waals surface area contributed by atoms with Gasteiger partial charge in [0.05, 0.1) is 10.00 Å². The van der Waals surface area contributed by atoms with E-state index < -0.39 is 26.1 Å². The standard InChI is InChI=1S/C26H32N4O5S/c1-18-3-5-19(6-4-18)15-27-23(31)21-7-8-22-25(33)29(13-14-30(22)24(21)32)17-26(10-11-26)36(34,35)20-9-12-28(2)16-20/h3-8,20H,9-17H2,1-2H3,(H,27,31). The molecule has 1 aliphatic carbocycles. The molecular weight excluding hydrogens is 480 g/mol. The summed E-state index contributed by atoms with van der Waals surface area (Å²) in [5.74, 6) is -0.856. The van der Waals surface area contributed by atoms with E-state index in [1.54, 1.807) is 4.90 Å². The van der Waals surface area contributed by atoms with Gasteiger partial charge in [-0.05, 0) is 57.5 Å². The van der Waals surface area contributed by atoms with Crippen LogP contribution < -0.4 is 10.9 Å². The van der Waals surface area contributed by atoms with E-state index in [9.17, 15) is 22.8 Å². The van der Waals surface area contributed by atoms with Gasteiger partial charge in [-0.15, -0.1) is 0 Å². The van der Waals surface area contributed by atoms with Crippen LogP contribution in [0.2, 0.25) is 0 Å². The second-order valence-electron chi connectivity index (χ2n) is 10.4. The smallest absolute Gasteiger partial charge is 0.270 e. The van der Waals surface area contributed by atoms with Crippen LogP contribution in [0.3, 0.4) is 0 Å². The Morgan fingerprint density at radius 2 is 1.78 bits per heavy atom. The molecule has 1 saturated carbocycles. The molecule has 1 aromatic heterocycles. The van der Waals surface area contributed by atoms with Crippen LogP contribution in [-0.2, 0) is 22.9 Å². The first-order valence-corrected chi connectivity index (χ1v) is 13.9. The van der Waals surface area contributed by atoms with Crippen molar-refractivity contribution < 1.29 is 18.0 Å². The van der Waals surface area contributed by atoms with Crippen LogP contribution in [0, 0.1) is 6.92 Å². The second kappa shape index (κ2) is 9.15. The van der Waals surface area contributed by atoms with Crippen molar-refractivity contribution in [2.75, 3.05) is 33.2 Å². The van der Waals surface area contributed by atoms with Gasteiger partial charge in [0.15, 0.2) is 9.84 Å². The van der Waals surface area contributed by atoms with Gasteiger partial charge in [-0.2, -0.15) is 0 Å². The normalized spacial score (nSPS) is 21.3. The van der Waals surface area contributed by atoms with Gasteiger partial charge in [-0.3, -0.25) is 14.4 Å². The highest BCUT2D eigenvalue weighted by Crippen LogP contribution is 2.47. The topological polar surface area (TPSA) is 109 Å². The number of carbonyl (C=O) groups is 2. The van der Waals surface area contributed by atoms with Crippen molar-refractivity contribution in [1.82, 2.24) is 19.7 Å². The lowest BCUT2D eigenvalue weighted by Crippen LogP contribution is -2.51. The lowest BCUT2D eigenvalue weighted by Gasteiger charge is -2.33. The van der Waals surface area contributed by atoms with E-state index in [0.717, 1.165) is 17.7 Å². The van der Waals surface area contributed by atoms with Crippen molar-refractivity contribution in [2.45, 2.75) is 49.3 Å². The number of rotatable bonds is 7. The van der Waals surface area contributed by atoms with Crippen LogP contribution in [0.4, 0.5) is 0 Å². The Hall–Kier alpha value is -2.98. The number of nitrogens with one attached hydrogen (secondary N) is 1. The number of sulfone groups is 1. The highest BCUT2D eigenvalue weighted by molar-refractivity contribution is 7.93. The zero-order valence-electron chi connectivity index (χ0n) is 20.7. The fourth-order valence-corrected chi connectivity index (χ4v) is 7.88. The Morgan fingerprint density at radius 3 is 2.42 bits per heavy atom. The minimum atomic E-state index is -3.38. The number of benzene rings is 1. The van der Waals surface area contributed by atoms with Crippen LogP contribution >= 0.6 is 0 Å². The van der Waals surface area contributed by atoms with Crippen molar-refractivity contribution in [3.63, 3.8) is 0 Å². The fourth-order valence-electron chi connectivity index (χ4n) is 5.30. The summed E-state index contributed by atoms with van der Waals surface area (Å²) in [6, 6.07) is 10.6. The third kappa shape index (κ3) is 4.37. The number of aromatic nitrogens is 1. The minimum Gasteiger partial charge on any atom is -0.348 e. The molecular formula is C26H32N4O5S. The summed E-state index contributed by atoms with van der Waals surface area (Å²) in [7, 11) is -1.45. The molecule has 1 saturated heterocycles. The second-order valence-corrected chi connectivity index (χ2v) is 13.0. The van der Waals surface area contributed by atoms with Crippen molar-refractivity contribution in [2.24, 2.45) is 0 Å². The largest absolute Gasteiger partial charge is 0.348 e. The van der Waals surface area contributed by atoms with Crippen LogP contribution in [0.15, 0.2) is 41.2 Å². The Balaban J connectivity index is 1.29. The summed E-state index contributed by atoms with van der Waals surface area (Å²) < 4.78 is 27.2. The Morgan fingerprint density at radius 1 is 1.06 bits per heavy atom. The third-order valence-electron chi connectivity index (χ3n) is 7.77. The van der Waals surface area contributed by atoms with E-state index in [-0.39, 0.29) is 42.0 Å². The summed E-state index contributed by atoms with van der Waals surface area (Å²) in [6.45, 7) is 4.19. The maximum absolute atomic E-state index is 13.4.